The second kappa shape index (κ2) is 6.26. The summed E-state index contributed by atoms with van der Waals surface area (Å²) in [7, 11) is 3.30. The predicted molar refractivity (Wildman–Crippen MR) is 82.5 cm³/mol. The van der Waals surface area contributed by atoms with Gasteiger partial charge in [0.05, 0.1) is 0 Å². The number of hydrogen-bond donors (Lipinski definition) is 0. The normalized spacial score (nSPS) is 11.6. The smallest absolute Gasteiger partial charge is 0.0866 e. The second-order valence-electron chi connectivity index (χ2n) is 3.31. The van der Waals surface area contributed by atoms with Crippen molar-refractivity contribution in [3.8, 4) is 0 Å². The molecule has 86 valence electrons. The fourth-order valence-corrected chi connectivity index (χ4v) is 3.64. The predicted octanol–water partition coefficient (Wildman–Crippen LogP) is 5.92. The molecule has 1 aromatic carbocycles. The summed E-state index contributed by atoms with van der Waals surface area (Å²) in [6, 6.07) is 7.73. The monoisotopic (exact) mass is 296 g/mol. The summed E-state index contributed by atoms with van der Waals surface area (Å²) < 4.78 is 0.950. The van der Waals surface area contributed by atoms with Gasteiger partial charge in [0.2, 0.25) is 0 Å². The van der Waals surface area contributed by atoms with E-state index in [0.717, 1.165) is 20.0 Å². The van der Waals surface area contributed by atoms with Crippen LogP contribution in [0.25, 0.3) is 12.2 Å². The van der Waals surface area contributed by atoms with Crippen LogP contribution in [0.2, 0.25) is 5.02 Å². The van der Waals surface area contributed by atoms with Gasteiger partial charge >= 0.3 is 0 Å². The standard InChI is InChI=1S/C13H9ClS3/c14-12-7-5-10(6-8-12)3-1-2-4-11-9-16-17-13(11)15/h1-9H. The molecule has 17 heavy (non-hydrogen) atoms. The average molecular weight is 297 g/mol. The van der Waals surface area contributed by atoms with Crippen molar-refractivity contribution in [2.75, 3.05) is 0 Å². The lowest BCUT2D eigenvalue weighted by molar-refractivity contribution is 1.66. The van der Waals surface area contributed by atoms with E-state index >= 15 is 0 Å². The summed E-state index contributed by atoms with van der Waals surface area (Å²) in [6.45, 7) is 0. The minimum Gasteiger partial charge on any atom is -0.0866 e. The Hall–Kier alpha value is -0.740. The first kappa shape index (κ1) is 12.7. The largest absolute Gasteiger partial charge is 0.109 e. The van der Waals surface area contributed by atoms with E-state index in [1.165, 1.54) is 0 Å². The Bertz CT molecular complexity index is 588. The van der Waals surface area contributed by atoms with Gasteiger partial charge in [-0.3, -0.25) is 0 Å². The fourth-order valence-electron chi connectivity index (χ4n) is 1.22. The maximum atomic E-state index is 5.81. The number of halogens is 1. The molecule has 0 aliphatic carbocycles. The molecule has 0 saturated heterocycles. The van der Waals surface area contributed by atoms with E-state index in [9.17, 15) is 0 Å². The van der Waals surface area contributed by atoms with E-state index in [0.29, 0.717) is 0 Å². The molecule has 0 amide bonds. The number of rotatable bonds is 3. The zero-order valence-corrected chi connectivity index (χ0v) is 12.0. The van der Waals surface area contributed by atoms with Crippen molar-refractivity contribution in [1.82, 2.24) is 0 Å². The Morgan fingerprint density at radius 3 is 2.41 bits per heavy atom. The molecule has 4 heteroatoms. The van der Waals surface area contributed by atoms with Crippen LogP contribution in [0.3, 0.4) is 0 Å². The molecule has 1 aromatic heterocycles. The molecule has 0 radical (unpaired) electrons. The zero-order valence-electron chi connectivity index (χ0n) is 8.80. The first-order valence-corrected chi connectivity index (χ1v) is 7.94. The number of benzene rings is 1. The van der Waals surface area contributed by atoms with E-state index in [-0.39, 0.29) is 0 Å². The molecule has 0 N–H and O–H groups in total. The van der Waals surface area contributed by atoms with Gasteiger partial charge in [0.25, 0.3) is 0 Å². The first-order chi connectivity index (χ1) is 8.25. The van der Waals surface area contributed by atoms with Crippen LogP contribution in [0.4, 0.5) is 0 Å². The lowest BCUT2D eigenvalue weighted by atomic mass is 10.2. The molecule has 2 aromatic rings. The highest BCUT2D eigenvalue weighted by Crippen LogP contribution is 2.18. The lowest BCUT2D eigenvalue weighted by Crippen LogP contribution is -1.69. The fraction of sp³-hybridized carbons (Fsp3) is 0. The average Bonchev–Trinajstić information content (AvgIpc) is 2.73. The van der Waals surface area contributed by atoms with Crippen LogP contribution in [-0.2, 0) is 0 Å². The Morgan fingerprint density at radius 1 is 1.06 bits per heavy atom. The molecule has 1 heterocycles. The third kappa shape index (κ3) is 3.89. The van der Waals surface area contributed by atoms with Crippen LogP contribution >= 0.6 is 44.5 Å². The van der Waals surface area contributed by atoms with Crippen LogP contribution in [0.15, 0.2) is 41.8 Å². The lowest BCUT2D eigenvalue weighted by Gasteiger charge is -1.91. The van der Waals surface area contributed by atoms with Gasteiger partial charge < -0.3 is 0 Å². The Kier molecular flexibility index (Phi) is 4.68. The van der Waals surface area contributed by atoms with Gasteiger partial charge in [0.15, 0.2) is 0 Å². The van der Waals surface area contributed by atoms with Crippen molar-refractivity contribution in [3.05, 3.63) is 61.8 Å². The van der Waals surface area contributed by atoms with E-state index in [1.54, 1.807) is 20.7 Å². The molecular formula is C13H9ClS3. The molecule has 0 atom stereocenters. The molecule has 0 saturated carbocycles. The van der Waals surface area contributed by atoms with Gasteiger partial charge in [0.1, 0.15) is 3.82 Å². The van der Waals surface area contributed by atoms with Gasteiger partial charge in [-0.25, -0.2) is 0 Å². The summed E-state index contributed by atoms with van der Waals surface area (Å²) in [6.07, 6.45) is 8.06. The molecule has 0 bridgehead atoms. The van der Waals surface area contributed by atoms with Crippen LogP contribution in [0.5, 0.6) is 0 Å². The molecule has 0 aliphatic heterocycles. The highest BCUT2D eigenvalue weighted by molar-refractivity contribution is 7.79. The van der Waals surface area contributed by atoms with E-state index in [1.807, 2.05) is 48.6 Å². The molecule has 0 nitrogen and oxygen atoms in total. The van der Waals surface area contributed by atoms with Crippen LogP contribution in [-0.4, -0.2) is 0 Å². The van der Waals surface area contributed by atoms with Gasteiger partial charge in [-0.05, 0) is 17.7 Å². The van der Waals surface area contributed by atoms with Gasteiger partial charge in [-0.15, -0.1) is 0 Å². The van der Waals surface area contributed by atoms with Crippen LogP contribution < -0.4 is 0 Å². The number of allylic oxidation sites excluding steroid dienone is 2. The third-order valence-electron chi connectivity index (χ3n) is 2.08. The van der Waals surface area contributed by atoms with E-state index in [4.69, 9.17) is 23.8 Å². The van der Waals surface area contributed by atoms with Crippen molar-refractivity contribution >= 4 is 56.7 Å². The molecule has 0 spiro atoms. The van der Waals surface area contributed by atoms with Crippen molar-refractivity contribution in [2.24, 2.45) is 0 Å². The van der Waals surface area contributed by atoms with Gasteiger partial charge in [0, 0.05) is 16.0 Å². The third-order valence-corrected chi connectivity index (χ3v) is 5.05. The van der Waals surface area contributed by atoms with Gasteiger partial charge in [-0.1, -0.05) is 80.9 Å². The minimum absolute atomic E-state index is 0.758. The highest BCUT2D eigenvalue weighted by atomic mass is 35.5. The molecule has 2 rings (SSSR count). The molecule has 0 unspecified atom stereocenters. The second-order valence-corrected chi connectivity index (χ2v) is 6.49. The van der Waals surface area contributed by atoms with Crippen molar-refractivity contribution in [1.29, 1.82) is 0 Å². The Labute approximate surface area is 118 Å². The highest BCUT2D eigenvalue weighted by Gasteiger charge is 1.90. The van der Waals surface area contributed by atoms with Crippen molar-refractivity contribution in [2.45, 2.75) is 0 Å². The SMILES string of the molecule is S=c1sscc1C=CC=Cc1ccc(Cl)cc1. The molecule has 0 aliphatic rings. The summed E-state index contributed by atoms with van der Waals surface area (Å²) >= 11 is 11.0. The Morgan fingerprint density at radius 2 is 1.76 bits per heavy atom. The van der Waals surface area contributed by atoms with E-state index in [2.05, 4.69) is 5.38 Å². The van der Waals surface area contributed by atoms with Crippen LogP contribution in [0.1, 0.15) is 11.1 Å². The van der Waals surface area contributed by atoms with Crippen molar-refractivity contribution in [3.63, 3.8) is 0 Å². The maximum Gasteiger partial charge on any atom is 0.109 e. The topological polar surface area (TPSA) is 0 Å². The minimum atomic E-state index is 0.758. The zero-order chi connectivity index (χ0) is 12.1. The van der Waals surface area contributed by atoms with Crippen LogP contribution in [0, 0.1) is 3.82 Å². The molecule has 0 fully saturated rings. The number of hydrogen-bond acceptors (Lipinski definition) is 3. The maximum absolute atomic E-state index is 5.81. The summed E-state index contributed by atoms with van der Waals surface area (Å²) in [5.41, 5.74) is 2.25. The first-order valence-electron chi connectivity index (χ1n) is 4.94. The molecular weight excluding hydrogens is 288 g/mol. The quantitative estimate of drug-likeness (QED) is 0.385. The summed E-state index contributed by atoms with van der Waals surface area (Å²) in [5, 5.41) is 2.83. The van der Waals surface area contributed by atoms with E-state index < -0.39 is 0 Å². The summed E-state index contributed by atoms with van der Waals surface area (Å²) in [4.78, 5) is 0. The summed E-state index contributed by atoms with van der Waals surface area (Å²) in [5.74, 6) is 0. The Balaban J connectivity index is 2.03. The van der Waals surface area contributed by atoms with Crippen molar-refractivity contribution < 1.29 is 0 Å². The van der Waals surface area contributed by atoms with Gasteiger partial charge in [-0.2, -0.15) is 0 Å².